The number of rotatable bonds is 2. The van der Waals surface area contributed by atoms with E-state index >= 15 is 0 Å². The number of ether oxygens (including phenoxy) is 2. The van der Waals surface area contributed by atoms with Crippen LogP contribution in [0.2, 0.25) is 0 Å². The highest BCUT2D eigenvalue weighted by Crippen LogP contribution is 2.23. The van der Waals surface area contributed by atoms with Gasteiger partial charge in [-0.2, -0.15) is 5.26 Å². The molecule has 1 aromatic carbocycles. The van der Waals surface area contributed by atoms with Crippen LogP contribution in [0.3, 0.4) is 0 Å². The molecule has 16 heavy (non-hydrogen) atoms. The Labute approximate surface area is 93.4 Å². The number of hydrogen-bond acceptors (Lipinski definition) is 3. The molecule has 1 heterocycles. The van der Waals surface area contributed by atoms with Crippen molar-refractivity contribution in [2.24, 2.45) is 0 Å². The van der Waals surface area contributed by atoms with Crippen molar-refractivity contribution in [3.63, 3.8) is 0 Å². The van der Waals surface area contributed by atoms with Gasteiger partial charge in [-0.1, -0.05) is 0 Å². The molecule has 1 aromatic rings. The quantitative estimate of drug-likeness (QED) is 0.770. The Balaban J connectivity index is 2.10. The fourth-order valence-corrected chi connectivity index (χ4v) is 1.61. The summed E-state index contributed by atoms with van der Waals surface area (Å²) >= 11 is 0. The van der Waals surface area contributed by atoms with E-state index in [1.807, 2.05) is 6.07 Å². The van der Waals surface area contributed by atoms with Crippen molar-refractivity contribution in [2.45, 2.75) is 25.6 Å². The molecule has 0 aromatic heterocycles. The minimum absolute atomic E-state index is 0.0888. The van der Waals surface area contributed by atoms with Crippen molar-refractivity contribution in [2.75, 3.05) is 6.61 Å². The molecule has 0 N–H and O–H groups in total. The Hall–Kier alpha value is -1.60. The lowest BCUT2D eigenvalue weighted by atomic mass is 10.2. The maximum Gasteiger partial charge on any atom is 0.199 e. The third-order valence-electron chi connectivity index (χ3n) is 2.46. The summed E-state index contributed by atoms with van der Waals surface area (Å²) in [6, 6.07) is 5.99. The predicted octanol–water partition coefficient (Wildman–Crippen LogP) is 2.60. The maximum atomic E-state index is 13.4. The Morgan fingerprint density at radius 3 is 3.00 bits per heavy atom. The van der Waals surface area contributed by atoms with Crippen LogP contribution in [0.15, 0.2) is 18.2 Å². The molecule has 1 unspecified atom stereocenters. The van der Waals surface area contributed by atoms with E-state index < -0.39 is 12.1 Å². The van der Waals surface area contributed by atoms with Gasteiger partial charge in [-0.15, -0.1) is 0 Å². The molecule has 1 atom stereocenters. The summed E-state index contributed by atoms with van der Waals surface area (Å²) in [5, 5.41) is 8.70. The van der Waals surface area contributed by atoms with Crippen molar-refractivity contribution in [1.29, 1.82) is 5.26 Å². The van der Waals surface area contributed by atoms with Crippen LogP contribution in [0.4, 0.5) is 4.39 Å². The highest BCUT2D eigenvalue weighted by Gasteiger charge is 2.17. The fraction of sp³-hybridized carbons (Fsp3) is 0.417. The molecule has 4 heteroatoms. The summed E-state index contributed by atoms with van der Waals surface area (Å²) < 4.78 is 24.1. The molecular formula is C12H12FNO2. The summed E-state index contributed by atoms with van der Waals surface area (Å²) in [6.07, 6.45) is 2.40. The molecule has 0 saturated carbocycles. The van der Waals surface area contributed by atoms with E-state index in [2.05, 4.69) is 0 Å². The maximum absolute atomic E-state index is 13.4. The third-order valence-corrected chi connectivity index (χ3v) is 2.46. The van der Waals surface area contributed by atoms with Gasteiger partial charge in [0.05, 0.1) is 18.2 Å². The molecule has 0 amide bonds. The Morgan fingerprint density at radius 1 is 1.44 bits per heavy atom. The number of halogens is 1. The van der Waals surface area contributed by atoms with Crippen molar-refractivity contribution >= 4 is 0 Å². The van der Waals surface area contributed by atoms with E-state index in [0.717, 1.165) is 19.3 Å². The molecule has 3 nitrogen and oxygen atoms in total. The molecular weight excluding hydrogens is 209 g/mol. The van der Waals surface area contributed by atoms with Crippen LogP contribution in [-0.4, -0.2) is 12.9 Å². The standard InChI is InChI=1S/C12H12FNO2/c13-10-5-4-9(8-14)7-11(10)16-12-3-1-2-6-15-12/h4-5,7,12H,1-3,6H2. The average Bonchev–Trinajstić information content (AvgIpc) is 2.33. The van der Waals surface area contributed by atoms with E-state index in [1.165, 1.54) is 18.2 Å². The second kappa shape index (κ2) is 4.95. The molecule has 0 spiro atoms. The predicted molar refractivity (Wildman–Crippen MR) is 55.3 cm³/mol. The molecule has 1 fully saturated rings. The second-order valence-corrected chi connectivity index (χ2v) is 3.67. The Morgan fingerprint density at radius 2 is 2.31 bits per heavy atom. The molecule has 84 valence electrons. The van der Waals surface area contributed by atoms with Crippen molar-refractivity contribution in [3.8, 4) is 11.8 Å². The first-order valence-electron chi connectivity index (χ1n) is 5.27. The largest absolute Gasteiger partial charge is 0.462 e. The normalized spacial score (nSPS) is 20.1. The first-order chi connectivity index (χ1) is 7.79. The fourth-order valence-electron chi connectivity index (χ4n) is 1.61. The molecule has 2 rings (SSSR count). The van der Waals surface area contributed by atoms with Gasteiger partial charge in [-0.3, -0.25) is 0 Å². The zero-order chi connectivity index (χ0) is 11.4. The lowest BCUT2D eigenvalue weighted by Crippen LogP contribution is -2.25. The van der Waals surface area contributed by atoms with Gasteiger partial charge in [0.1, 0.15) is 0 Å². The molecule has 0 bridgehead atoms. The number of nitrogens with zero attached hydrogens (tertiary/aromatic N) is 1. The van der Waals surface area contributed by atoms with Gasteiger partial charge in [-0.05, 0) is 25.0 Å². The van der Waals surface area contributed by atoms with Gasteiger partial charge >= 0.3 is 0 Å². The highest BCUT2D eigenvalue weighted by molar-refractivity contribution is 5.37. The zero-order valence-electron chi connectivity index (χ0n) is 8.78. The molecule has 1 aliphatic rings. The summed E-state index contributed by atoms with van der Waals surface area (Å²) in [6.45, 7) is 0.643. The third kappa shape index (κ3) is 2.50. The van der Waals surface area contributed by atoms with E-state index in [1.54, 1.807) is 0 Å². The van der Waals surface area contributed by atoms with Gasteiger partial charge < -0.3 is 9.47 Å². The summed E-state index contributed by atoms with van der Waals surface area (Å²) in [4.78, 5) is 0. The minimum Gasteiger partial charge on any atom is -0.462 e. The number of nitriles is 1. The van der Waals surface area contributed by atoms with Crippen LogP contribution in [0.5, 0.6) is 5.75 Å². The van der Waals surface area contributed by atoms with E-state index in [0.29, 0.717) is 12.2 Å². The zero-order valence-corrected chi connectivity index (χ0v) is 8.78. The smallest absolute Gasteiger partial charge is 0.199 e. The Kier molecular flexibility index (Phi) is 3.37. The van der Waals surface area contributed by atoms with Gasteiger partial charge in [-0.25, -0.2) is 4.39 Å². The van der Waals surface area contributed by atoms with Crippen LogP contribution in [0, 0.1) is 17.1 Å². The van der Waals surface area contributed by atoms with Gasteiger partial charge in [0.15, 0.2) is 17.9 Å². The molecule has 1 saturated heterocycles. The number of hydrogen-bond donors (Lipinski definition) is 0. The molecule has 0 aliphatic carbocycles. The first kappa shape index (κ1) is 10.9. The van der Waals surface area contributed by atoms with Crippen LogP contribution < -0.4 is 4.74 Å². The van der Waals surface area contributed by atoms with Gasteiger partial charge in [0, 0.05) is 12.5 Å². The van der Waals surface area contributed by atoms with Crippen molar-refractivity contribution in [1.82, 2.24) is 0 Å². The highest BCUT2D eigenvalue weighted by atomic mass is 19.1. The Bertz CT molecular complexity index is 408. The molecule has 0 radical (unpaired) electrons. The lowest BCUT2D eigenvalue weighted by molar-refractivity contribution is -0.107. The monoisotopic (exact) mass is 221 g/mol. The SMILES string of the molecule is N#Cc1ccc(F)c(OC2CCCCO2)c1. The van der Waals surface area contributed by atoms with Crippen LogP contribution in [-0.2, 0) is 4.74 Å². The topological polar surface area (TPSA) is 42.2 Å². The lowest BCUT2D eigenvalue weighted by Gasteiger charge is -2.23. The van der Waals surface area contributed by atoms with Crippen LogP contribution >= 0.6 is 0 Å². The van der Waals surface area contributed by atoms with Gasteiger partial charge in [0.25, 0.3) is 0 Å². The average molecular weight is 221 g/mol. The van der Waals surface area contributed by atoms with Crippen LogP contribution in [0.1, 0.15) is 24.8 Å². The van der Waals surface area contributed by atoms with E-state index in [-0.39, 0.29) is 5.75 Å². The van der Waals surface area contributed by atoms with Gasteiger partial charge in [0.2, 0.25) is 0 Å². The van der Waals surface area contributed by atoms with Crippen molar-refractivity contribution < 1.29 is 13.9 Å². The van der Waals surface area contributed by atoms with Crippen molar-refractivity contribution in [3.05, 3.63) is 29.6 Å². The van der Waals surface area contributed by atoms with Crippen LogP contribution in [0.25, 0.3) is 0 Å². The summed E-state index contributed by atoms with van der Waals surface area (Å²) in [5.74, 6) is -0.376. The first-order valence-corrected chi connectivity index (χ1v) is 5.27. The minimum atomic E-state index is -0.465. The molecule has 1 aliphatic heterocycles. The summed E-state index contributed by atoms with van der Waals surface area (Å²) in [7, 11) is 0. The summed E-state index contributed by atoms with van der Waals surface area (Å²) in [5.41, 5.74) is 0.382. The van der Waals surface area contributed by atoms with E-state index in [4.69, 9.17) is 14.7 Å². The van der Waals surface area contributed by atoms with E-state index in [9.17, 15) is 4.39 Å². The number of benzene rings is 1. The second-order valence-electron chi connectivity index (χ2n) is 3.67.